The number of Topliss-reactive ketones (excluding diaryl/α,β-unsaturated/α-hetero) is 1. The highest BCUT2D eigenvalue weighted by molar-refractivity contribution is 7.98. The average Bonchev–Trinajstić information content (AvgIpc) is 2.65. The van der Waals surface area contributed by atoms with Gasteiger partial charge in [-0.3, -0.25) is 4.79 Å². The number of nitrogens with zero attached hydrogens (tertiary/aromatic N) is 1. The Morgan fingerprint density at radius 2 is 1.92 bits per heavy atom. The normalized spacial score (nSPS) is 10.1. The van der Waals surface area contributed by atoms with Gasteiger partial charge in [0.2, 0.25) is 5.78 Å². The summed E-state index contributed by atoms with van der Waals surface area (Å²) < 4.78 is 15.4. The van der Waals surface area contributed by atoms with E-state index in [0.29, 0.717) is 27.7 Å². The molecule has 0 atom stereocenters. The van der Waals surface area contributed by atoms with Crippen LogP contribution in [0.25, 0.3) is 0 Å². The van der Waals surface area contributed by atoms with Crippen molar-refractivity contribution in [2.45, 2.75) is 5.03 Å². The van der Waals surface area contributed by atoms with Crippen molar-refractivity contribution in [3.63, 3.8) is 0 Å². The van der Waals surface area contributed by atoms with Crippen LogP contribution in [0.4, 0.5) is 0 Å². The Morgan fingerprint density at radius 1 is 1.12 bits per heavy atom. The van der Waals surface area contributed by atoms with Crippen molar-refractivity contribution in [2.24, 2.45) is 0 Å². The molecule has 2 rings (SSSR count). The number of carbonyl (C=O) groups is 2. The van der Waals surface area contributed by atoms with Crippen molar-refractivity contribution in [1.82, 2.24) is 4.98 Å². The Balaban J connectivity index is 2.12. The maximum Gasteiger partial charge on any atom is 0.341 e. The van der Waals surface area contributed by atoms with Gasteiger partial charge in [-0.25, -0.2) is 9.78 Å². The number of ether oxygens (including phenoxy) is 3. The van der Waals surface area contributed by atoms with Gasteiger partial charge in [0.25, 0.3) is 0 Å². The summed E-state index contributed by atoms with van der Waals surface area (Å²) in [7, 11) is 2.97. The second-order valence-electron chi connectivity index (χ2n) is 4.63. The molecule has 24 heavy (non-hydrogen) atoms. The van der Waals surface area contributed by atoms with E-state index in [1.165, 1.54) is 26.0 Å². The van der Waals surface area contributed by atoms with Crippen molar-refractivity contribution in [3.05, 3.63) is 47.7 Å². The molecule has 0 aliphatic rings. The molecular formula is C17H17NO5S. The van der Waals surface area contributed by atoms with Crippen LogP contribution in [0.3, 0.4) is 0 Å². The lowest BCUT2D eigenvalue weighted by Gasteiger charge is -2.10. The molecule has 2 aromatic rings. The van der Waals surface area contributed by atoms with Crippen LogP contribution < -0.4 is 9.47 Å². The molecule has 126 valence electrons. The molecule has 0 spiro atoms. The average molecular weight is 347 g/mol. The Bertz CT molecular complexity index is 748. The minimum absolute atomic E-state index is 0.293. The van der Waals surface area contributed by atoms with Crippen molar-refractivity contribution < 1.29 is 23.8 Å². The quantitative estimate of drug-likeness (QED) is 0.433. The maximum atomic E-state index is 12.3. The first-order valence-corrected chi connectivity index (χ1v) is 8.24. The molecule has 1 aromatic carbocycles. The summed E-state index contributed by atoms with van der Waals surface area (Å²) in [4.78, 5) is 28.6. The summed E-state index contributed by atoms with van der Waals surface area (Å²) >= 11 is 1.33. The van der Waals surface area contributed by atoms with E-state index in [2.05, 4.69) is 4.98 Å². The van der Waals surface area contributed by atoms with E-state index in [9.17, 15) is 9.59 Å². The summed E-state index contributed by atoms with van der Waals surface area (Å²) in [6.45, 7) is -0.398. The number of esters is 1. The number of carbonyl (C=O) groups excluding carboxylic acids is 2. The number of pyridine rings is 1. The molecule has 0 aliphatic carbocycles. The van der Waals surface area contributed by atoms with Gasteiger partial charge in [-0.15, -0.1) is 11.8 Å². The van der Waals surface area contributed by atoms with Gasteiger partial charge in [0.15, 0.2) is 6.61 Å². The smallest absolute Gasteiger partial charge is 0.341 e. The van der Waals surface area contributed by atoms with Crippen LogP contribution in [0.15, 0.2) is 41.6 Å². The number of rotatable bonds is 7. The van der Waals surface area contributed by atoms with Crippen LogP contribution in [-0.4, -0.2) is 43.8 Å². The molecule has 0 saturated heterocycles. The zero-order valence-corrected chi connectivity index (χ0v) is 14.4. The molecule has 0 N–H and O–H groups in total. The largest absolute Gasteiger partial charge is 0.497 e. The van der Waals surface area contributed by atoms with Gasteiger partial charge in [0.05, 0.1) is 25.3 Å². The summed E-state index contributed by atoms with van der Waals surface area (Å²) in [5.74, 6) is -0.0678. The fourth-order valence-electron chi connectivity index (χ4n) is 2.03. The van der Waals surface area contributed by atoms with Crippen LogP contribution in [0.5, 0.6) is 11.5 Å². The lowest BCUT2D eigenvalue weighted by atomic mass is 10.1. The number of ketones is 1. The van der Waals surface area contributed by atoms with Gasteiger partial charge in [-0.2, -0.15) is 0 Å². The topological polar surface area (TPSA) is 74.7 Å². The number of benzene rings is 1. The zero-order valence-electron chi connectivity index (χ0n) is 13.6. The van der Waals surface area contributed by atoms with Crippen LogP contribution >= 0.6 is 11.8 Å². The molecule has 7 heteroatoms. The van der Waals surface area contributed by atoms with Crippen molar-refractivity contribution in [2.75, 3.05) is 27.1 Å². The predicted octanol–water partition coefficient (Wildman–Crippen LogP) is 2.86. The van der Waals surface area contributed by atoms with Crippen molar-refractivity contribution in [1.29, 1.82) is 0 Å². The fourth-order valence-corrected chi connectivity index (χ4v) is 2.56. The predicted molar refractivity (Wildman–Crippen MR) is 90.2 cm³/mol. The third kappa shape index (κ3) is 4.05. The number of methoxy groups -OCH3 is 2. The fraction of sp³-hybridized carbons (Fsp3) is 0.235. The highest BCUT2D eigenvalue weighted by Gasteiger charge is 2.18. The van der Waals surface area contributed by atoms with Gasteiger partial charge >= 0.3 is 5.97 Å². The van der Waals surface area contributed by atoms with Gasteiger partial charge in [-0.1, -0.05) is 0 Å². The Labute approximate surface area is 144 Å². The second-order valence-corrected chi connectivity index (χ2v) is 5.42. The standard InChI is InChI=1S/C17H17NO5S/c1-21-11-6-7-15(22-2)13(9-11)14(19)10-23-17(20)12-5-4-8-18-16(12)24-3/h4-9H,10H2,1-3H3. The van der Waals surface area contributed by atoms with Gasteiger partial charge in [0.1, 0.15) is 16.5 Å². The SMILES string of the molecule is COc1ccc(OC)c(C(=O)COC(=O)c2cccnc2SC)c1. The zero-order chi connectivity index (χ0) is 17.5. The summed E-state index contributed by atoms with van der Waals surface area (Å²) in [6, 6.07) is 8.11. The first-order chi connectivity index (χ1) is 11.6. The third-order valence-corrected chi connectivity index (χ3v) is 3.94. The molecule has 0 fully saturated rings. The number of hydrogen-bond acceptors (Lipinski definition) is 7. The molecule has 0 radical (unpaired) electrons. The first-order valence-electron chi connectivity index (χ1n) is 7.02. The first kappa shape index (κ1) is 17.8. The summed E-state index contributed by atoms with van der Waals surface area (Å²) in [6.07, 6.45) is 3.40. The Hall–Kier alpha value is -2.54. The lowest BCUT2D eigenvalue weighted by molar-refractivity contribution is 0.0469. The van der Waals surface area contributed by atoms with Crippen molar-refractivity contribution in [3.8, 4) is 11.5 Å². The molecule has 0 unspecified atom stereocenters. The number of aromatic nitrogens is 1. The Morgan fingerprint density at radius 3 is 2.58 bits per heavy atom. The van der Waals surface area contributed by atoms with E-state index in [1.807, 2.05) is 6.26 Å². The molecule has 6 nitrogen and oxygen atoms in total. The van der Waals surface area contributed by atoms with Crippen LogP contribution in [0.1, 0.15) is 20.7 Å². The maximum absolute atomic E-state index is 12.3. The van der Waals surface area contributed by atoms with E-state index < -0.39 is 12.6 Å². The molecule has 0 amide bonds. The van der Waals surface area contributed by atoms with Gasteiger partial charge in [0, 0.05) is 6.20 Å². The van der Waals surface area contributed by atoms with E-state index in [4.69, 9.17) is 14.2 Å². The van der Waals surface area contributed by atoms with Crippen LogP contribution in [0.2, 0.25) is 0 Å². The van der Waals surface area contributed by atoms with Crippen molar-refractivity contribution >= 4 is 23.5 Å². The molecule has 1 heterocycles. The lowest BCUT2D eigenvalue weighted by Crippen LogP contribution is -2.16. The van der Waals surface area contributed by atoms with Crippen LogP contribution in [-0.2, 0) is 4.74 Å². The molecule has 0 saturated carbocycles. The third-order valence-electron chi connectivity index (χ3n) is 3.23. The molecular weight excluding hydrogens is 330 g/mol. The van der Waals surface area contributed by atoms with E-state index in [-0.39, 0.29) is 5.78 Å². The summed E-state index contributed by atoms with van der Waals surface area (Å²) in [5, 5.41) is 0.550. The highest BCUT2D eigenvalue weighted by Crippen LogP contribution is 2.24. The molecule has 0 bridgehead atoms. The number of thioether (sulfide) groups is 1. The van der Waals surface area contributed by atoms with E-state index in [0.717, 1.165) is 0 Å². The monoisotopic (exact) mass is 347 g/mol. The minimum atomic E-state index is -0.595. The summed E-state index contributed by atoms with van der Waals surface area (Å²) in [5.41, 5.74) is 0.622. The van der Waals surface area contributed by atoms with E-state index >= 15 is 0 Å². The highest BCUT2D eigenvalue weighted by atomic mass is 32.2. The second kappa shape index (κ2) is 8.35. The molecule has 0 aliphatic heterocycles. The minimum Gasteiger partial charge on any atom is -0.497 e. The number of hydrogen-bond donors (Lipinski definition) is 0. The van der Waals surface area contributed by atoms with E-state index in [1.54, 1.807) is 36.5 Å². The van der Waals surface area contributed by atoms with Crippen LogP contribution in [0, 0.1) is 0 Å². The molecule has 1 aromatic heterocycles. The Kier molecular flexibility index (Phi) is 6.20. The van der Waals surface area contributed by atoms with Gasteiger partial charge in [-0.05, 0) is 36.6 Å². The van der Waals surface area contributed by atoms with Gasteiger partial charge < -0.3 is 14.2 Å².